The molecule has 12 heteroatoms. The van der Waals surface area contributed by atoms with Crippen LogP contribution in [0, 0.1) is 5.92 Å². The number of ketones is 1. The average molecular weight is 729 g/mol. The number of Topliss-reactive ketones (excluding diaryl/α,β-unsaturated/α-hetero) is 1. The van der Waals surface area contributed by atoms with Crippen molar-refractivity contribution in [2.75, 3.05) is 40.0 Å². The first kappa shape index (κ1) is 37.0. The summed E-state index contributed by atoms with van der Waals surface area (Å²) in [4.78, 5) is 44.7. The molecule has 1 saturated heterocycles. The maximum absolute atomic E-state index is 13.6. The summed E-state index contributed by atoms with van der Waals surface area (Å²) in [6.07, 6.45) is 6.02. The van der Waals surface area contributed by atoms with Crippen molar-refractivity contribution in [3.63, 3.8) is 0 Å². The number of nitrogens with one attached hydrogen (secondary N) is 1. The molecule has 1 aliphatic carbocycles. The first-order valence-electron chi connectivity index (χ1n) is 18.8. The third kappa shape index (κ3) is 6.60. The number of nitrogens with zero attached hydrogens (tertiary/aromatic N) is 1. The summed E-state index contributed by atoms with van der Waals surface area (Å²) in [6, 6.07) is 5.85. The molecule has 3 unspecified atom stereocenters. The van der Waals surface area contributed by atoms with Crippen molar-refractivity contribution in [2.45, 2.75) is 88.9 Å². The number of methoxy groups -OCH3 is 1. The van der Waals surface area contributed by atoms with Gasteiger partial charge in [0, 0.05) is 36.5 Å². The first-order valence-corrected chi connectivity index (χ1v) is 18.8. The Morgan fingerprint density at radius 3 is 2.66 bits per heavy atom. The van der Waals surface area contributed by atoms with E-state index < -0.39 is 30.2 Å². The standard InChI is InChI=1S/C41H48N2O10/c1-3-51-40(48)39-29(21-45)34(25-7-9-32(47)27(19-25)23-6-8-31-24(18-23)10-16-43-31)35-37(50-2)28-20-33(52-36(28)30(22-46)38(35)53-39)41(49,13-4-5-17-44)26-11-14-42-15-12-26/h6,8,10,18,21,26-27,33,42,44,46,49H,3-5,7,9,11-17,19-20,22H2,1-2H3. The Balaban J connectivity index is 1.40. The number of carbonyl (C=O) groups excluding carboxylic acids is 3. The van der Waals surface area contributed by atoms with E-state index in [1.807, 2.05) is 24.3 Å². The molecular weight excluding hydrogens is 680 g/mol. The number of allylic oxidation sites excluding steroid dienone is 3. The van der Waals surface area contributed by atoms with E-state index in [1.165, 1.54) is 7.11 Å². The molecule has 0 radical (unpaired) electrons. The molecule has 53 heavy (non-hydrogen) atoms. The Labute approximate surface area is 308 Å². The lowest BCUT2D eigenvalue weighted by atomic mass is 9.73. The van der Waals surface area contributed by atoms with Gasteiger partial charge in [0.1, 0.15) is 34.7 Å². The number of aldehydes is 1. The van der Waals surface area contributed by atoms with Crippen molar-refractivity contribution in [3.8, 4) is 17.2 Å². The second kappa shape index (κ2) is 15.5. The molecule has 0 spiro atoms. The fourth-order valence-electron chi connectivity index (χ4n) is 8.96. The highest BCUT2D eigenvalue weighted by molar-refractivity contribution is 6.11. The number of fused-ring (bicyclic) bond motifs is 3. The maximum atomic E-state index is 13.6. The molecule has 4 heterocycles. The van der Waals surface area contributed by atoms with E-state index in [9.17, 15) is 29.7 Å². The lowest BCUT2D eigenvalue weighted by Crippen LogP contribution is -2.53. The summed E-state index contributed by atoms with van der Waals surface area (Å²) in [5, 5.41) is 38.3. The Morgan fingerprint density at radius 1 is 1.13 bits per heavy atom. The quantitative estimate of drug-likeness (QED) is 0.144. The smallest absolute Gasteiger partial charge is 0.375 e. The fourth-order valence-corrected chi connectivity index (χ4v) is 8.96. The predicted molar refractivity (Wildman–Crippen MR) is 194 cm³/mol. The average Bonchev–Trinajstić information content (AvgIpc) is 3.85. The van der Waals surface area contributed by atoms with Crippen molar-refractivity contribution in [1.82, 2.24) is 5.32 Å². The van der Waals surface area contributed by atoms with Gasteiger partial charge in [-0.2, -0.15) is 0 Å². The summed E-state index contributed by atoms with van der Waals surface area (Å²) in [5.41, 5.74) is 2.02. The molecule has 1 saturated carbocycles. The third-order valence-corrected chi connectivity index (χ3v) is 11.6. The van der Waals surface area contributed by atoms with Crippen LogP contribution in [0.4, 0.5) is 0 Å². The van der Waals surface area contributed by atoms with Crippen LogP contribution in [-0.4, -0.2) is 85.0 Å². The van der Waals surface area contributed by atoms with E-state index in [2.05, 4.69) is 10.3 Å². The maximum Gasteiger partial charge on any atom is 0.375 e. The van der Waals surface area contributed by atoms with Crippen molar-refractivity contribution < 1.29 is 48.7 Å². The fraction of sp³-hybridized carbons (Fsp3) is 0.512. The number of rotatable bonds is 12. The van der Waals surface area contributed by atoms with E-state index in [0.29, 0.717) is 66.7 Å². The van der Waals surface area contributed by atoms with Crippen LogP contribution in [0.15, 0.2) is 40.1 Å². The van der Waals surface area contributed by atoms with Crippen LogP contribution in [0.25, 0.3) is 11.6 Å². The van der Waals surface area contributed by atoms with Gasteiger partial charge in [0.15, 0.2) is 6.29 Å². The van der Waals surface area contributed by atoms with Crippen LogP contribution >= 0.6 is 0 Å². The van der Waals surface area contributed by atoms with E-state index in [1.54, 1.807) is 6.92 Å². The summed E-state index contributed by atoms with van der Waals surface area (Å²) < 4.78 is 24.5. The molecule has 0 bridgehead atoms. The van der Waals surface area contributed by atoms with E-state index in [0.717, 1.165) is 47.6 Å². The molecule has 12 nitrogen and oxygen atoms in total. The molecule has 3 atom stereocenters. The minimum Gasteiger partial charge on any atom is -0.496 e. The van der Waals surface area contributed by atoms with E-state index in [4.69, 9.17) is 18.9 Å². The molecule has 2 aromatic carbocycles. The zero-order valence-corrected chi connectivity index (χ0v) is 30.4. The monoisotopic (exact) mass is 728 g/mol. The van der Waals surface area contributed by atoms with Crippen molar-refractivity contribution in [2.24, 2.45) is 10.9 Å². The Hall–Kier alpha value is -4.36. The summed E-state index contributed by atoms with van der Waals surface area (Å²) >= 11 is 0. The van der Waals surface area contributed by atoms with Gasteiger partial charge in [-0.05, 0) is 93.8 Å². The van der Waals surface area contributed by atoms with E-state index in [-0.39, 0.29) is 66.8 Å². The van der Waals surface area contributed by atoms with Crippen molar-refractivity contribution in [3.05, 3.63) is 67.9 Å². The number of ether oxygens (including phenoxy) is 4. The minimum atomic E-state index is -1.25. The van der Waals surface area contributed by atoms with Crippen LogP contribution in [0.5, 0.6) is 17.2 Å². The van der Waals surface area contributed by atoms with Gasteiger partial charge < -0.3 is 39.6 Å². The molecular formula is C41H48N2O10. The zero-order valence-electron chi connectivity index (χ0n) is 30.4. The molecule has 2 aromatic rings. The number of benzene rings is 2. The van der Waals surface area contributed by atoms with Crippen LogP contribution in [-0.2, 0) is 32.1 Å². The first-order chi connectivity index (χ1) is 25.8. The van der Waals surface area contributed by atoms with Crippen LogP contribution in [0.3, 0.4) is 0 Å². The predicted octanol–water partition coefficient (Wildman–Crippen LogP) is 2.50. The molecule has 0 aromatic heterocycles. The van der Waals surface area contributed by atoms with Gasteiger partial charge in [-0.1, -0.05) is 17.7 Å². The van der Waals surface area contributed by atoms with Crippen LogP contribution in [0.2, 0.25) is 0 Å². The van der Waals surface area contributed by atoms with Gasteiger partial charge in [-0.3, -0.25) is 14.6 Å². The van der Waals surface area contributed by atoms with E-state index >= 15 is 0 Å². The Bertz CT molecular complexity index is 2000. The van der Waals surface area contributed by atoms with Crippen LogP contribution in [0.1, 0.15) is 86.5 Å². The third-order valence-electron chi connectivity index (χ3n) is 11.6. The van der Waals surface area contributed by atoms with Crippen molar-refractivity contribution in [1.29, 1.82) is 0 Å². The Morgan fingerprint density at radius 2 is 1.94 bits per heavy atom. The van der Waals surface area contributed by atoms with Gasteiger partial charge in [-0.25, -0.2) is 4.79 Å². The number of aliphatic hydroxyl groups is 3. The molecule has 7 rings (SSSR count). The second-order valence-corrected chi connectivity index (χ2v) is 14.4. The number of unbranched alkanes of at least 4 members (excludes halogenated alkanes) is 1. The topological polar surface area (TPSA) is 173 Å². The van der Waals surface area contributed by atoms with Gasteiger partial charge in [0.05, 0.1) is 48.9 Å². The highest BCUT2D eigenvalue weighted by Crippen LogP contribution is 2.57. The summed E-state index contributed by atoms with van der Waals surface area (Å²) in [6.45, 7) is 3.27. The molecule has 282 valence electrons. The molecule has 4 N–H and O–H groups in total. The van der Waals surface area contributed by atoms with Gasteiger partial charge >= 0.3 is 5.97 Å². The second-order valence-electron chi connectivity index (χ2n) is 14.4. The van der Waals surface area contributed by atoms with Crippen molar-refractivity contribution >= 4 is 29.7 Å². The summed E-state index contributed by atoms with van der Waals surface area (Å²) in [7, 11) is 1.51. The SMILES string of the molecule is CCOC(=O)C1=C(C=O)C(=C2CCC(=O)C(c3ccc4c(c3)=CCN=4)C2)c2c(OC)c3c(c(CO)c2O1)OC(C(O)(CCCCO)C1CCNCC1)C3. The van der Waals surface area contributed by atoms with Gasteiger partial charge in [-0.15, -0.1) is 0 Å². The van der Waals surface area contributed by atoms with Gasteiger partial charge in [0.2, 0.25) is 5.76 Å². The lowest BCUT2D eigenvalue weighted by Gasteiger charge is -2.42. The zero-order chi connectivity index (χ0) is 37.3. The molecule has 0 amide bonds. The minimum absolute atomic E-state index is 0.0140. The number of esters is 1. The number of carbonyl (C=O) groups is 3. The normalized spacial score (nSPS) is 23.5. The number of hydrogen-bond donors (Lipinski definition) is 4. The molecule has 5 aliphatic rings. The highest BCUT2D eigenvalue weighted by Gasteiger charge is 2.50. The van der Waals surface area contributed by atoms with Crippen LogP contribution < -0.4 is 30.1 Å². The number of hydrogen-bond acceptors (Lipinski definition) is 12. The molecule has 4 aliphatic heterocycles. The number of aliphatic hydroxyl groups excluding tert-OH is 2. The Kier molecular flexibility index (Phi) is 10.8. The molecule has 2 fully saturated rings. The lowest BCUT2D eigenvalue weighted by molar-refractivity contribution is -0.141. The largest absolute Gasteiger partial charge is 0.496 e. The highest BCUT2D eigenvalue weighted by atomic mass is 16.6. The number of piperidine rings is 1. The summed E-state index contributed by atoms with van der Waals surface area (Å²) in [5.74, 6) is -0.898. The van der Waals surface area contributed by atoms with Gasteiger partial charge in [0.25, 0.3) is 0 Å².